The lowest BCUT2D eigenvalue weighted by Crippen LogP contribution is -2.24. The quantitative estimate of drug-likeness (QED) is 0.489. The van der Waals surface area contributed by atoms with Crippen molar-refractivity contribution in [3.05, 3.63) is 83.8 Å². The number of benzene rings is 2. The van der Waals surface area contributed by atoms with Gasteiger partial charge in [0.2, 0.25) is 0 Å². The predicted molar refractivity (Wildman–Crippen MR) is 102 cm³/mol. The molecule has 138 valence electrons. The molecule has 0 spiro atoms. The normalized spacial score (nSPS) is 10.7. The molecular formula is C21H20N2O4. The van der Waals surface area contributed by atoms with E-state index in [-0.39, 0.29) is 12.5 Å². The molecule has 27 heavy (non-hydrogen) atoms. The van der Waals surface area contributed by atoms with Crippen LogP contribution in [0.25, 0.3) is 0 Å². The minimum Gasteiger partial charge on any atom is -0.489 e. The summed E-state index contributed by atoms with van der Waals surface area (Å²) < 4.78 is 16.4. The van der Waals surface area contributed by atoms with E-state index in [4.69, 9.17) is 13.9 Å². The molecule has 3 aromatic rings. The van der Waals surface area contributed by atoms with Gasteiger partial charge in [0.25, 0.3) is 5.91 Å². The van der Waals surface area contributed by atoms with E-state index in [1.54, 1.807) is 30.3 Å². The molecule has 0 saturated heterocycles. The summed E-state index contributed by atoms with van der Waals surface area (Å²) >= 11 is 0. The first kappa shape index (κ1) is 18.3. The average Bonchev–Trinajstić information content (AvgIpc) is 3.11. The minimum absolute atomic E-state index is 0.140. The molecule has 1 amide bonds. The molecule has 6 heteroatoms. The average molecular weight is 364 g/mol. The highest BCUT2D eigenvalue weighted by atomic mass is 16.5. The number of hydrogen-bond donors (Lipinski definition) is 1. The Hall–Kier alpha value is -3.54. The fourth-order valence-electron chi connectivity index (χ4n) is 2.24. The van der Waals surface area contributed by atoms with E-state index in [0.29, 0.717) is 18.1 Å². The number of aryl methyl sites for hydroxylation is 1. The first-order valence-electron chi connectivity index (χ1n) is 8.47. The maximum Gasteiger partial charge on any atom is 0.277 e. The van der Waals surface area contributed by atoms with Gasteiger partial charge in [-0.25, -0.2) is 5.43 Å². The molecular weight excluding hydrogens is 344 g/mol. The van der Waals surface area contributed by atoms with E-state index in [2.05, 4.69) is 10.5 Å². The van der Waals surface area contributed by atoms with E-state index < -0.39 is 0 Å². The topological polar surface area (TPSA) is 73.1 Å². The molecule has 0 aliphatic heterocycles. The number of amides is 1. The summed E-state index contributed by atoms with van der Waals surface area (Å²) in [5.41, 5.74) is 3.48. The first-order valence-corrected chi connectivity index (χ1v) is 8.47. The van der Waals surface area contributed by atoms with Gasteiger partial charge in [-0.05, 0) is 48.9 Å². The fraction of sp³-hybridized carbons (Fsp3) is 0.143. The number of furan rings is 1. The first-order chi connectivity index (χ1) is 13.2. The number of ether oxygens (including phenoxy) is 2. The van der Waals surface area contributed by atoms with E-state index >= 15 is 0 Å². The van der Waals surface area contributed by atoms with Crippen LogP contribution in [0, 0.1) is 6.92 Å². The Kier molecular flexibility index (Phi) is 6.25. The lowest BCUT2D eigenvalue weighted by atomic mass is 10.2. The van der Waals surface area contributed by atoms with Crippen LogP contribution in [0.2, 0.25) is 0 Å². The zero-order chi connectivity index (χ0) is 18.9. The summed E-state index contributed by atoms with van der Waals surface area (Å²) in [5, 5.41) is 3.82. The second-order valence-electron chi connectivity index (χ2n) is 5.78. The van der Waals surface area contributed by atoms with Crippen LogP contribution < -0.4 is 14.9 Å². The Morgan fingerprint density at radius 2 is 1.70 bits per heavy atom. The summed E-state index contributed by atoms with van der Waals surface area (Å²) in [6.45, 7) is 2.19. The Morgan fingerprint density at radius 1 is 1.00 bits per heavy atom. The minimum atomic E-state index is -0.362. The molecule has 0 radical (unpaired) electrons. The molecule has 3 rings (SSSR count). The summed E-state index contributed by atoms with van der Waals surface area (Å²) in [5.74, 6) is 2.29. The van der Waals surface area contributed by atoms with Gasteiger partial charge in [0, 0.05) is 0 Å². The van der Waals surface area contributed by atoms with Crippen LogP contribution >= 0.6 is 0 Å². The van der Waals surface area contributed by atoms with Gasteiger partial charge in [-0.1, -0.05) is 30.3 Å². The van der Waals surface area contributed by atoms with E-state index in [1.165, 1.54) is 6.21 Å². The van der Waals surface area contributed by atoms with Crippen LogP contribution in [0.5, 0.6) is 11.5 Å². The third kappa shape index (κ3) is 6.04. The number of hydrogen-bond acceptors (Lipinski definition) is 5. The Balaban J connectivity index is 1.40. The zero-order valence-electron chi connectivity index (χ0n) is 14.9. The van der Waals surface area contributed by atoms with Gasteiger partial charge in [0.1, 0.15) is 29.6 Å². The standard InChI is InChI=1S/C21H20N2O4/c1-16-7-8-20(27-16)13-22-23-21(24)15-26-19-11-9-18(10-12-19)25-14-17-5-3-2-4-6-17/h2-13H,14-15H2,1H3,(H,23,24)/b22-13+. The van der Waals surface area contributed by atoms with Gasteiger partial charge in [0.05, 0.1) is 6.21 Å². The molecule has 0 bridgehead atoms. The highest BCUT2D eigenvalue weighted by molar-refractivity contribution is 5.81. The third-order valence-corrected chi connectivity index (χ3v) is 3.58. The van der Waals surface area contributed by atoms with Crippen molar-refractivity contribution in [1.82, 2.24) is 5.43 Å². The summed E-state index contributed by atoms with van der Waals surface area (Å²) in [6, 6.07) is 20.6. The molecule has 1 aromatic heterocycles. The highest BCUT2D eigenvalue weighted by Crippen LogP contribution is 2.18. The maximum absolute atomic E-state index is 11.7. The van der Waals surface area contributed by atoms with Crippen molar-refractivity contribution in [2.24, 2.45) is 5.10 Å². The molecule has 1 N–H and O–H groups in total. The fourth-order valence-corrected chi connectivity index (χ4v) is 2.24. The van der Waals surface area contributed by atoms with Crippen LogP contribution in [0.4, 0.5) is 0 Å². The van der Waals surface area contributed by atoms with Crippen LogP contribution in [0.15, 0.2) is 76.2 Å². The number of carbonyl (C=O) groups excluding carboxylic acids is 1. The second-order valence-corrected chi connectivity index (χ2v) is 5.78. The molecule has 0 aliphatic rings. The van der Waals surface area contributed by atoms with Gasteiger partial charge in [-0.15, -0.1) is 0 Å². The van der Waals surface area contributed by atoms with E-state index in [9.17, 15) is 4.79 Å². The Morgan fingerprint density at radius 3 is 2.37 bits per heavy atom. The highest BCUT2D eigenvalue weighted by Gasteiger charge is 2.03. The van der Waals surface area contributed by atoms with Crippen molar-refractivity contribution >= 4 is 12.1 Å². The molecule has 0 aliphatic carbocycles. The summed E-state index contributed by atoms with van der Waals surface area (Å²) in [7, 11) is 0. The number of rotatable bonds is 8. The SMILES string of the molecule is Cc1ccc(/C=N/NC(=O)COc2ccc(OCc3ccccc3)cc2)o1. The Bertz CT molecular complexity index is 886. The second kappa shape index (κ2) is 9.24. The summed E-state index contributed by atoms with van der Waals surface area (Å²) in [6.07, 6.45) is 1.43. The van der Waals surface area contributed by atoms with E-state index in [1.807, 2.05) is 43.3 Å². The molecule has 2 aromatic carbocycles. The maximum atomic E-state index is 11.7. The number of hydrazone groups is 1. The zero-order valence-corrected chi connectivity index (χ0v) is 14.9. The molecule has 6 nitrogen and oxygen atoms in total. The number of carbonyl (C=O) groups is 1. The van der Waals surface area contributed by atoms with E-state index in [0.717, 1.165) is 17.1 Å². The van der Waals surface area contributed by atoms with Gasteiger partial charge in [0.15, 0.2) is 6.61 Å². The van der Waals surface area contributed by atoms with Gasteiger partial charge in [-0.2, -0.15) is 5.10 Å². The van der Waals surface area contributed by atoms with Crippen LogP contribution in [-0.4, -0.2) is 18.7 Å². The monoisotopic (exact) mass is 364 g/mol. The van der Waals surface area contributed by atoms with Gasteiger partial charge >= 0.3 is 0 Å². The lowest BCUT2D eigenvalue weighted by molar-refractivity contribution is -0.123. The van der Waals surface area contributed by atoms with Crippen LogP contribution in [-0.2, 0) is 11.4 Å². The molecule has 0 atom stereocenters. The lowest BCUT2D eigenvalue weighted by Gasteiger charge is -2.08. The smallest absolute Gasteiger partial charge is 0.277 e. The van der Waals surface area contributed by atoms with Crippen molar-refractivity contribution in [2.75, 3.05) is 6.61 Å². The van der Waals surface area contributed by atoms with Crippen LogP contribution in [0.3, 0.4) is 0 Å². The molecule has 1 heterocycles. The van der Waals surface area contributed by atoms with Gasteiger partial charge in [-0.3, -0.25) is 4.79 Å². The third-order valence-electron chi connectivity index (χ3n) is 3.58. The molecule has 0 saturated carbocycles. The van der Waals surface area contributed by atoms with Crippen molar-refractivity contribution < 1.29 is 18.7 Å². The van der Waals surface area contributed by atoms with Gasteiger partial charge < -0.3 is 13.9 Å². The Labute approximate surface area is 157 Å². The van der Waals surface area contributed by atoms with Crippen molar-refractivity contribution in [3.8, 4) is 11.5 Å². The van der Waals surface area contributed by atoms with Crippen molar-refractivity contribution in [3.63, 3.8) is 0 Å². The van der Waals surface area contributed by atoms with Crippen LogP contribution in [0.1, 0.15) is 17.1 Å². The summed E-state index contributed by atoms with van der Waals surface area (Å²) in [4.78, 5) is 11.7. The molecule has 0 unspecified atom stereocenters. The van der Waals surface area contributed by atoms with Crippen molar-refractivity contribution in [2.45, 2.75) is 13.5 Å². The number of nitrogens with one attached hydrogen (secondary N) is 1. The largest absolute Gasteiger partial charge is 0.489 e. The predicted octanol–water partition coefficient (Wildman–Crippen LogP) is 3.70. The number of nitrogens with zero attached hydrogens (tertiary/aromatic N) is 1. The van der Waals surface area contributed by atoms with Crippen molar-refractivity contribution in [1.29, 1.82) is 0 Å². The molecule has 0 fully saturated rings.